The van der Waals surface area contributed by atoms with E-state index < -0.39 is 33.3 Å². The molecule has 0 bridgehead atoms. The first kappa shape index (κ1) is 22.5. The van der Waals surface area contributed by atoms with E-state index in [9.17, 15) is 22.0 Å². The minimum Gasteiger partial charge on any atom is -0.492 e. The molecule has 31 heavy (non-hydrogen) atoms. The summed E-state index contributed by atoms with van der Waals surface area (Å²) in [6.07, 6.45) is 0. The minimum atomic E-state index is -4.37. The summed E-state index contributed by atoms with van der Waals surface area (Å²) in [5, 5.41) is 3.03. The van der Waals surface area contributed by atoms with Gasteiger partial charge in [0, 0.05) is 10.6 Å². The highest BCUT2D eigenvalue weighted by molar-refractivity contribution is 7.92. The number of ether oxygens (including phenoxy) is 1. The van der Waals surface area contributed by atoms with Gasteiger partial charge in [0.05, 0.1) is 17.2 Å². The fourth-order valence-electron chi connectivity index (χ4n) is 2.64. The third kappa shape index (κ3) is 5.31. The number of anilines is 2. The van der Waals surface area contributed by atoms with Crippen LogP contribution in [0.25, 0.3) is 0 Å². The Morgan fingerprint density at radius 2 is 1.68 bits per heavy atom. The maximum atomic E-state index is 13.9. The predicted molar refractivity (Wildman–Crippen MR) is 114 cm³/mol. The summed E-state index contributed by atoms with van der Waals surface area (Å²) in [5.74, 6) is -2.43. The molecule has 0 saturated carbocycles. The van der Waals surface area contributed by atoms with Gasteiger partial charge in [-0.05, 0) is 61.5 Å². The number of para-hydroxylation sites is 1. The number of carbonyl (C=O) groups is 1. The van der Waals surface area contributed by atoms with Crippen LogP contribution in [0.3, 0.4) is 0 Å². The van der Waals surface area contributed by atoms with Crippen LogP contribution in [0.15, 0.2) is 65.6 Å². The molecule has 162 valence electrons. The number of hydrogen-bond acceptors (Lipinski definition) is 4. The van der Waals surface area contributed by atoms with E-state index in [1.807, 2.05) is 4.72 Å². The number of sulfonamides is 1. The Balaban J connectivity index is 1.95. The lowest BCUT2D eigenvalue weighted by Gasteiger charge is -2.15. The molecule has 0 radical (unpaired) electrons. The molecule has 10 heteroatoms. The molecule has 6 nitrogen and oxygen atoms in total. The molecular weight excluding hydrogens is 450 g/mol. The summed E-state index contributed by atoms with van der Waals surface area (Å²) in [6, 6.07) is 12.7. The van der Waals surface area contributed by atoms with Crippen molar-refractivity contribution in [3.05, 3.63) is 82.9 Å². The molecule has 3 aromatic carbocycles. The third-order valence-electron chi connectivity index (χ3n) is 4.11. The monoisotopic (exact) mass is 466 g/mol. The average molecular weight is 467 g/mol. The molecule has 0 unspecified atom stereocenters. The Bertz CT molecular complexity index is 1200. The lowest BCUT2D eigenvalue weighted by Crippen LogP contribution is -2.17. The van der Waals surface area contributed by atoms with Crippen molar-refractivity contribution in [1.82, 2.24) is 0 Å². The Morgan fingerprint density at radius 1 is 1.03 bits per heavy atom. The minimum absolute atomic E-state index is 0.0682. The molecule has 0 atom stereocenters. The molecule has 0 aromatic heterocycles. The average Bonchev–Trinajstić information content (AvgIpc) is 2.72. The second-order valence-electron chi connectivity index (χ2n) is 6.25. The zero-order valence-electron chi connectivity index (χ0n) is 16.2. The highest BCUT2D eigenvalue weighted by Crippen LogP contribution is 2.30. The maximum Gasteiger partial charge on any atom is 0.262 e. The normalized spacial score (nSPS) is 11.1. The van der Waals surface area contributed by atoms with Gasteiger partial charge in [-0.3, -0.25) is 9.52 Å². The molecule has 2 N–H and O–H groups in total. The van der Waals surface area contributed by atoms with E-state index in [0.29, 0.717) is 5.02 Å². The van der Waals surface area contributed by atoms with Crippen molar-refractivity contribution in [1.29, 1.82) is 0 Å². The lowest BCUT2D eigenvalue weighted by atomic mass is 10.2. The largest absolute Gasteiger partial charge is 0.492 e. The van der Waals surface area contributed by atoms with Gasteiger partial charge in [0.25, 0.3) is 15.9 Å². The van der Waals surface area contributed by atoms with E-state index in [1.54, 1.807) is 6.92 Å². The van der Waals surface area contributed by atoms with Gasteiger partial charge in [-0.25, -0.2) is 17.2 Å². The molecule has 0 heterocycles. The number of nitrogens with one attached hydrogen (secondary N) is 2. The van der Waals surface area contributed by atoms with Crippen LogP contribution < -0.4 is 14.8 Å². The first-order valence-corrected chi connectivity index (χ1v) is 10.9. The fourth-order valence-corrected chi connectivity index (χ4v) is 3.87. The molecule has 0 aliphatic carbocycles. The van der Waals surface area contributed by atoms with Crippen molar-refractivity contribution >= 4 is 38.9 Å². The standard InChI is InChI=1S/C21H17ClF2N2O4S/c1-2-30-19-11-10-15(31(28,29)26-20-16(23)4-3-5-17(20)24)12-18(19)25-21(27)13-6-8-14(22)9-7-13/h3-12,26H,2H2,1H3,(H,25,27). The van der Waals surface area contributed by atoms with E-state index in [0.717, 1.165) is 24.3 Å². The lowest BCUT2D eigenvalue weighted by molar-refractivity contribution is 0.102. The number of rotatable bonds is 7. The summed E-state index contributed by atoms with van der Waals surface area (Å²) in [6.45, 7) is 1.98. The van der Waals surface area contributed by atoms with Gasteiger partial charge in [0.1, 0.15) is 23.1 Å². The summed E-state index contributed by atoms with van der Waals surface area (Å²) in [7, 11) is -4.37. The Labute approximate surface area is 182 Å². The van der Waals surface area contributed by atoms with Crippen LogP contribution in [0.5, 0.6) is 5.75 Å². The highest BCUT2D eigenvalue weighted by Gasteiger charge is 2.21. The number of carbonyl (C=O) groups excluding carboxylic acids is 1. The van der Waals surface area contributed by atoms with Gasteiger partial charge in [-0.15, -0.1) is 0 Å². The molecule has 0 aliphatic heterocycles. The van der Waals surface area contributed by atoms with E-state index >= 15 is 0 Å². The van der Waals surface area contributed by atoms with Crippen LogP contribution in [0, 0.1) is 11.6 Å². The van der Waals surface area contributed by atoms with Gasteiger partial charge in [0.2, 0.25) is 0 Å². The van der Waals surface area contributed by atoms with Gasteiger partial charge >= 0.3 is 0 Å². The molecule has 0 fully saturated rings. The van der Waals surface area contributed by atoms with Crippen molar-refractivity contribution in [2.45, 2.75) is 11.8 Å². The number of benzene rings is 3. The summed E-state index contributed by atoms with van der Waals surface area (Å²) in [4.78, 5) is 12.2. The van der Waals surface area contributed by atoms with Crippen LogP contribution in [-0.4, -0.2) is 20.9 Å². The third-order valence-corrected chi connectivity index (χ3v) is 5.71. The van der Waals surface area contributed by atoms with Crippen LogP contribution in [-0.2, 0) is 10.0 Å². The van der Waals surface area contributed by atoms with E-state index in [2.05, 4.69) is 5.32 Å². The summed E-state index contributed by atoms with van der Waals surface area (Å²) in [5.41, 5.74) is -0.450. The van der Waals surface area contributed by atoms with Crippen molar-refractivity contribution < 1.29 is 26.7 Å². The highest BCUT2D eigenvalue weighted by atomic mass is 35.5. The summed E-state index contributed by atoms with van der Waals surface area (Å²) < 4.78 is 60.5. The van der Waals surface area contributed by atoms with Crippen LogP contribution in [0.4, 0.5) is 20.2 Å². The molecule has 1 amide bonds. The Morgan fingerprint density at radius 3 is 2.29 bits per heavy atom. The number of hydrogen-bond donors (Lipinski definition) is 2. The second-order valence-corrected chi connectivity index (χ2v) is 8.37. The number of amides is 1. The zero-order chi connectivity index (χ0) is 22.6. The first-order chi connectivity index (χ1) is 14.7. The fraction of sp³-hybridized carbons (Fsp3) is 0.0952. The molecule has 3 rings (SSSR count). The predicted octanol–water partition coefficient (Wildman–Crippen LogP) is 5.07. The molecule has 0 spiro atoms. The quantitative estimate of drug-likeness (QED) is 0.509. The van der Waals surface area contributed by atoms with Crippen molar-refractivity contribution in [3.63, 3.8) is 0 Å². The zero-order valence-corrected chi connectivity index (χ0v) is 17.7. The van der Waals surface area contributed by atoms with Gasteiger partial charge in [0.15, 0.2) is 0 Å². The topological polar surface area (TPSA) is 84.5 Å². The van der Waals surface area contributed by atoms with Gasteiger partial charge < -0.3 is 10.1 Å². The Hall–Kier alpha value is -3.17. The molecule has 0 aliphatic rings. The van der Waals surface area contributed by atoms with Crippen molar-refractivity contribution in [3.8, 4) is 5.75 Å². The van der Waals surface area contributed by atoms with E-state index in [4.69, 9.17) is 16.3 Å². The van der Waals surface area contributed by atoms with Gasteiger partial charge in [-0.1, -0.05) is 17.7 Å². The molecular formula is C21H17ClF2N2O4S. The summed E-state index contributed by atoms with van der Waals surface area (Å²) >= 11 is 5.82. The number of halogens is 3. The SMILES string of the molecule is CCOc1ccc(S(=O)(=O)Nc2c(F)cccc2F)cc1NC(=O)c1ccc(Cl)cc1. The first-order valence-electron chi connectivity index (χ1n) is 9.02. The van der Waals surface area contributed by atoms with E-state index in [-0.39, 0.29) is 28.5 Å². The smallest absolute Gasteiger partial charge is 0.262 e. The van der Waals surface area contributed by atoms with E-state index in [1.165, 1.54) is 36.4 Å². The molecule has 0 saturated heterocycles. The van der Waals surface area contributed by atoms with Crippen LogP contribution in [0.2, 0.25) is 5.02 Å². The Kier molecular flexibility index (Phi) is 6.77. The maximum absolute atomic E-state index is 13.9. The van der Waals surface area contributed by atoms with Crippen LogP contribution in [0.1, 0.15) is 17.3 Å². The van der Waals surface area contributed by atoms with Crippen molar-refractivity contribution in [2.75, 3.05) is 16.6 Å². The van der Waals surface area contributed by atoms with Gasteiger partial charge in [-0.2, -0.15) is 0 Å². The van der Waals surface area contributed by atoms with Crippen molar-refractivity contribution in [2.24, 2.45) is 0 Å². The molecule has 3 aromatic rings. The van der Waals surface area contributed by atoms with Crippen LogP contribution >= 0.6 is 11.6 Å². The second kappa shape index (κ2) is 9.32.